The van der Waals surface area contributed by atoms with E-state index in [1.54, 1.807) is 37.8 Å². The Kier molecular flexibility index (Phi) is 9.74. The third-order valence-corrected chi connectivity index (χ3v) is 7.24. The van der Waals surface area contributed by atoms with Crippen molar-refractivity contribution in [3.8, 4) is 0 Å². The van der Waals surface area contributed by atoms with Gasteiger partial charge in [0, 0.05) is 12.5 Å². The standard InChI is InChI=1S/C34H38ClN3O4/c1-6-23-15-11-16-25(20-23)30(31(39)37-29-22(2)12-10-17-27(29)35)38(26-18-19-26)32(40)28(21-24-13-8-7-9-14-24)36-33(41)42-34(3,4)5/h6-17,20,26,28,30H,1,18-19,21H2,2-5H3,(H,36,41)(H,37,39). The zero-order valence-electron chi connectivity index (χ0n) is 24.5. The molecule has 0 heterocycles. The number of nitrogens with one attached hydrogen (secondary N) is 2. The van der Waals surface area contributed by atoms with Gasteiger partial charge in [0.05, 0.1) is 10.7 Å². The minimum absolute atomic E-state index is 0.174. The molecule has 42 heavy (non-hydrogen) atoms. The number of carbonyl (C=O) groups excluding carboxylic acids is 3. The maximum Gasteiger partial charge on any atom is 0.408 e. The van der Waals surface area contributed by atoms with Crippen molar-refractivity contribution in [1.29, 1.82) is 0 Å². The monoisotopic (exact) mass is 587 g/mol. The molecule has 0 aromatic heterocycles. The minimum atomic E-state index is -0.987. The van der Waals surface area contributed by atoms with Crippen LogP contribution in [0.25, 0.3) is 6.08 Å². The van der Waals surface area contributed by atoms with Gasteiger partial charge in [-0.3, -0.25) is 9.59 Å². The number of aryl methyl sites for hydroxylation is 1. The third-order valence-electron chi connectivity index (χ3n) is 6.93. The predicted molar refractivity (Wildman–Crippen MR) is 167 cm³/mol. The van der Waals surface area contributed by atoms with Crippen LogP contribution in [0.4, 0.5) is 10.5 Å². The molecular formula is C34H38ClN3O4. The molecule has 3 aromatic carbocycles. The van der Waals surface area contributed by atoms with Crippen LogP contribution < -0.4 is 10.6 Å². The number of anilines is 1. The van der Waals surface area contributed by atoms with Crippen LogP contribution in [-0.4, -0.2) is 40.5 Å². The number of benzene rings is 3. The highest BCUT2D eigenvalue weighted by molar-refractivity contribution is 6.34. The summed E-state index contributed by atoms with van der Waals surface area (Å²) >= 11 is 6.47. The number of para-hydroxylation sites is 1. The van der Waals surface area contributed by atoms with Crippen molar-refractivity contribution in [2.24, 2.45) is 0 Å². The smallest absolute Gasteiger partial charge is 0.408 e. The van der Waals surface area contributed by atoms with E-state index in [1.165, 1.54) is 0 Å². The van der Waals surface area contributed by atoms with E-state index in [9.17, 15) is 14.4 Å². The van der Waals surface area contributed by atoms with Gasteiger partial charge in [0.25, 0.3) is 5.91 Å². The number of amides is 3. The molecule has 0 saturated heterocycles. The molecule has 1 aliphatic carbocycles. The molecule has 0 radical (unpaired) electrons. The van der Waals surface area contributed by atoms with Crippen molar-refractivity contribution in [3.05, 3.63) is 107 Å². The van der Waals surface area contributed by atoms with Crippen molar-refractivity contribution in [2.75, 3.05) is 5.32 Å². The van der Waals surface area contributed by atoms with E-state index in [4.69, 9.17) is 16.3 Å². The van der Waals surface area contributed by atoms with Gasteiger partial charge in [-0.05, 0) is 74.9 Å². The van der Waals surface area contributed by atoms with Crippen LogP contribution in [0.3, 0.4) is 0 Å². The van der Waals surface area contributed by atoms with Gasteiger partial charge in [0.15, 0.2) is 0 Å². The van der Waals surface area contributed by atoms with Crippen LogP contribution in [0, 0.1) is 6.92 Å². The summed E-state index contributed by atoms with van der Waals surface area (Å²) in [6, 6.07) is 20.1. The minimum Gasteiger partial charge on any atom is -0.444 e. The quantitative estimate of drug-likeness (QED) is 0.265. The van der Waals surface area contributed by atoms with Gasteiger partial charge in [-0.1, -0.05) is 84.9 Å². The Morgan fingerprint density at radius 1 is 1.05 bits per heavy atom. The molecule has 8 heteroatoms. The Labute approximate surface area is 252 Å². The second-order valence-electron chi connectivity index (χ2n) is 11.6. The Morgan fingerprint density at radius 2 is 1.74 bits per heavy atom. The average molecular weight is 588 g/mol. The first-order chi connectivity index (χ1) is 20.0. The fourth-order valence-electron chi connectivity index (χ4n) is 4.83. The van der Waals surface area contributed by atoms with Crippen molar-refractivity contribution < 1.29 is 19.1 Å². The van der Waals surface area contributed by atoms with E-state index in [2.05, 4.69) is 17.2 Å². The number of carbonyl (C=O) groups is 3. The van der Waals surface area contributed by atoms with Gasteiger partial charge in [-0.15, -0.1) is 0 Å². The molecule has 3 aromatic rings. The first-order valence-electron chi connectivity index (χ1n) is 14.1. The maximum absolute atomic E-state index is 14.5. The lowest BCUT2D eigenvalue weighted by Crippen LogP contribution is -2.54. The van der Waals surface area contributed by atoms with Gasteiger partial charge in [-0.2, -0.15) is 0 Å². The van der Waals surface area contributed by atoms with E-state index >= 15 is 0 Å². The molecule has 1 fully saturated rings. The molecule has 2 N–H and O–H groups in total. The van der Waals surface area contributed by atoms with E-state index in [-0.39, 0.29) is 18.4 Å². The lowest BCUT2D eigenvalue weighted by atomic mass is 9.98. The van der Waals surface area contributed by atoms with Gasteiger partial charge in [0.1, 0.15) is 17.7 Å². The molecule has 7 nitrogen and oxygen atoms in total. The molecule has 0 bridgehead atoms. The first-order valence-corrected chi connectivity index (χ1v) is 14.5. The number of nitrogens with zero attached hydrogens (tertiary/aromatic N) is 1. The number of halogens is 1. The summed E-state index contributed by atoms with van der Waals surface area (Å²) in [6.07, 6.45) is 2.71. The molecule has 3 amide bonds. The number of hydrogen-bond donors (Lipinski definition) is 2. The first kappa shape index (κ1) is 30.8. The molecule has 0 spiro atoms. The van der Waals surface area contributed by atoms with E-state index < -0.39 is 29.7 Å². The van der Waals surface area contributed by atoms with E-state index in [0.717, 1.165) is 29.5 Å². The van der Waals surface area contributed by atoms with Crippen LogP contribution in [0.15, 0.2) is 79.4 Å². The Morgan fingerprint density at radius 3 is 2.36 bits per heavy atom. The maximum atomic E-state index is 14.5. The summed E-state index contributed by atoms with van der Waals surface area (Å²) in [5.74, 6) is -0.768. The fraction of sp³-hybridized carbons (Fsp3) is 0.324. The van der Waals surface area contributed by atoms with Gasteiger partial charge < -0.3 is 20.3 Å². The van der Waals surface area contributed by atoms with Gasteiger partial charge in [0.2, 0.25) is 5.91 Å². The summed E-state index contributed by atoms with van der Waals surface area (Å²) in [5, 5.41) is 6.19. The average Bonchev–Trinajstić information content (AvgIpc) is 3.78. The SMILES string of the molecule is C=Cc1cccc(C(C(=O)Nc2c(C)cccc2Cl)N(C(=O)C(Cc2ccccc2)NC(=O)OC(C)(C)C)C2CC2)c1. The Bertz CT molecular complexity index is 1430. The van der Waals surface area contributed by atoms with E-state index in [1.807, 2.05) is 73.7 Å². The second-order valence-corrected chi connectivity index (χ2v) is 12.0. The van der Waals surface area contributed by atoms with Crippen LogP contribution in [0.1, 0.15) is 61.9 Å². The van der Waals surface area contributed by atoms with Crippen molar-refractivity contribution in [1.82, 2.24) is 10.2 Å². The Hall–Kier alpha value is -4.10. The second kappa shape index (κ2) is 13.3. The van der Waals surface area contributed by atoms with Crippen molar-refractivity contribution >= 4 is 41.3 Å². The topological polar surface area (TPSA) is 87.7 Å². The highest BCUT2D eigenvalue weighted by Gasteiger charge is 2.44. The summed E-state index contributed by atoms with van der Waals surface area (Å²) < 4.78 is 5.51. The summed E-state index contributed by atoms with van der Waals surface area (Å²) in [7, 11) is 0. The lowest BCUT2D eigenvalue weighted by Gasteiger charge is -2.35. The van der Waals surface area contributed by atoms with Crippen LogP contribution in [0.2, 0.25) is 5.02 Å². The summed E-state index contributed by atoms with van der Waals surface area (Å²) in [6.45, 7) is 11.0. The number of ether oxygens (including phenoxy) is 1. The molecular weight excluding hydrogens is 550 g/mol. The van der Waals surface area contributed by atoms with Crippen LogP contribution in [-0.2, 0) is 20.7 Å². The highest BCUT2D eigenvalue weighted by Crippen LogP contribution is 2.37. The largest absolute Gasteiger partial charge is 0.444 e. The summed E-state index contributed by atoms with van der Waals surface area (Å²) in [4.78, 5) is 43.3. The number of rotatable bonds is 10. The summed E-state index contributed by atoms with van der Waals surface area (Å²) in [5.41, 5.74) is 2.85. The highest BCUT2D eigenvalue weighted by atomic mass is 35.5. The molecule has 2 unspecified atom stereocenters. The molecule has 4 rings (SSSR count). The van der Waals surface area contributed by atoms with E-state index in [0.29, 0.717) is 16.3 Å². The van der Waals surface area contributed by atoms with Crippen LogP contribution in [0.5, 0.6) is 0 Å². The zero-order valence-corrected chi connectivity index (χ0v) is 25.3. The molecule has 220 valence electrons. The molecule has 2 atom stereocenters. The number of hydrogen-bond acceptors (Lipinski definition) is 4. The zero-order chi connectivity index (χ0) is 30.4. The predicted octanol–water partition coefficient (Wildman–Crippen LogP) is 7.10. The Balaban J connectivity index is 1.76. The van der Waals surface area contributed by atoms with Crippen molar-refractivity contribution in [2.45, 2.75) is 70.7 Å². The normalized spacial score (nSPS) is 14.3. The molecule has 0 aliphatic heterocycles. The molecule has 1 saturated carbocycles. The molecule has 1 aliphatic rings. The third kappa shape index (κ3) is 8.01. The van der Waals surface area contributed by atoms with Crippen molar-refractivity contribution in [3.63, 3.8) is 0 Å². The van der Waals surface area contributed by atoms with Crippen LogP contribution >= 0.6 is 11.6 Å². The lowest BCUT2D eigenvalue weighted by molar-refractivity contribution is -0.141. The number of alkyl carbamates (subject to hydrolysis) is 1. The van der Waals surface area contributed by atoms with Gasteiger partial charge in [-0.25, -0.2) is 4.79 Å². The fourth-order valence-corrected chi connectivity index (χ4v) is 5.10. The van der Waals surface area contributed by atoms with Gasteiger partial charge >= 0.3 is 6.09 Å².